The normalized spacial score (nSPS) is 12.3. The van der Waals surface area contributed by atoms with Crippen LogP contribution in [0.25, 0.3) is 10.9 Å². The summed E-state index contributed by atoms with van der Waals surface area (Å²) in [6.07, 6.45) is 0.409. The number of fused-ring (bicyclic) bond motifs is 1. The molecule has 0 aliphatic heterocycles. The third-order valence-corrected chi connectivity index (χ3v) is 4.99. The van der Waals surface area contributed by atoms with Crippen LogP contribution in [0.5, 0.6) is 0 Å². The summed E-state index contributed by atoms with van der Waals surface area (Å²) in [6, 6.07) is 17.9. The van der Waals surface area contributed by atoms with Crippen molar-refractivity contribution in [1.29, 1.82) is 0 Å². The summed E-state index contributed by atoms with van der Waals surface area (Å²) < 4.78 is 0. The fraction of sp³-hybridized carbons (Fsp3) is 0.304. The highest BCUT2D eigenvalue weighted by Gasteiger charge is 2.19. The minimum Gasteiger partial charge on any atom is -0.352 e. The Morgan fingerprint density at radius 1 is 1.07 bits per heavy atom. The zero-order valence-corrected chi connectivity index (χ0v) is 16.1. The second-order valence-electron chi connectivity index (χ2n) is 7.46. The average molecular weight is 362 g/mol. The first-order valence-electron chi connectivity index (χ1n) is 9.38. The van der Waals surface area contributed by atoms with Crippen LogP contribution in [0.4, 0.5) is 0 Å². The number of pyridine rings is 1. The quantitative estimate of drug-likeness (QED) is 0.687. The van der Waals surface area contributed by atoms with Gasteiger partial charge in [-0.1, -0.05) is 55.8 Å². The van der Waals surface area contributed by atoms with Gasteiger partial charge in [0.15, 0.2) is 0 Å². The Hall–Kier alpha value is -2.88. The van der Waals surface area contributed by atoms with Crippen LogP contribution < -0.4 is 10.9 Å². The molecule has 0 aliphatic carbocycles. The lowest BCUT2D eigenvalue weighted by molar-refractivity contribution is -0.121. The van der Waals surface area contributed by atoms with Crippen molar-refractivity contribution >= 4 is 16.8 Å². The van der Waals surface area contributed by atoms with Crippen LogP contribution in [0, 0.1) is 12.8 Å². The Bertz CT molecular complexity index is 990. The summed E-state index contributed by atoms with van der Waals surface area (Å²) in [7, 11) is 0. The maximum absolute atomic E-state index is 12.5. The SMILES string of the molecule is Cc1ccc2[nH]c(=O)c(CNC(=O)CC(c3ccccc3)C(C)C)cc2c1. The van der Waals surface area contributed by atoms with Gasteiger partial charge in [0.25, 0.3) is 5.56 Å². The molecule has 1 heterocycles. The molecule has 140 valence electrons. The minimum absolute atomic E-state index is 0.0405. The first-order valence-corrected chi connectivity index (χ1v) is 9.38. The van der Waals surface area contributed by atoms with Crippen molar-refractivity contribution in [3.05, 3.63) is 81.6 Å². The predicted molar refractivity (Wildman–Crippen MR) is 110 cm³/mol. The van der Waals surface area contributed by atoms with E-state index in [1.54, 1.807) is 0 Å². The number of rotatable bonds is 6. The second kappa shape index (κ2) is 8.21. The first kappa shape index (κ1) is 18.9. The largest absolute Gasteiger partial charge is 0.352 e. The molecular weight excluding hydrogens is 336 g/mol. The van der Waals surface area contributed by atoms with Crippen molar-refractivity contribution in [2.75, 3.05) is 0 Å². The Morgan fingerprint density at radius 2 is 1.81 bits per heavy atom. The van der Waals surface area contributed by atoms with Crippen molar-refractivity contribution < 1.29 is 4.79 Å². The summed E-state index contributed by atoms with van der Waals surface area (Å²) in [4.78, 5) is 27.7. The molecular formula is C23H26N2O2. The lowest BCUT2D eigenvalue weighted by Gasteiger charge is -2.21. The van der Waals surface area contributed by atoms with Gasteiger partial charge in [0.2, 0.25) is 5.91 Å². The molecule has 4 heteroatoms. The van der Waals surface area contributed by atoms with E-state index in [4.69, 9.17) is 0 Å². The molecule has 0 spiro atoms. The molecule has 2 aromatic carbocycles. The van der Waals surface area contributed by atoms with E-state index in [9.17, 15) is 9.59 Å². The molecule has 0 aliphatic rings. The average Bonchev–Trinajstić information content (AvgIpc) is 2.65. The molecule has 4 nitrogen and oxygen atoms in total. The number of H-pyrrole nitrogens is 1. The number of aryl methyl sites for hydroxylation is 1. The summed E-state index contributed by atoms with van der Waals surface area (Å²) in [5.41, 5.74) is 3.52. The van der Waals surface area contributed by atoms with Gasteiger partial charge < -0.3 is 10.3 Å². The van der Waals surface area contributed by atoms with Crippen LogP contribution in [0.2, 0.25) is 0 Å². The number of carbonyl (C=O) groups excluding carboxylic acids is 1. The smallest absolute Gasteiger partial charge is 0.253 e. The minimum atomic E-state index is -0.157. The standard InChI is InChI=1S/C23H26N2O2/c1-15(2)20(17-7-5-4-6-8-17)13-22(26)24-14-19-12-18-11-16(3)9-10-21(18)25-23(19)27/h4-12,15,20H,13-14H2,1-3H3,(H,24,26)(H,25,27). The van der Waals surface area contributed by atoms with Gasteiger partial charge in [-0.05, 0) is 47.9 Å². The maximum atomic E-state index is 12.5. The van der Waals surface area contributed by atoms with Crippen molar-refractivity contribution in [2.45, 2.75) is 39.7 Å². The predicted octanol–water partition coefficient (Wildman–Crippen LogP) is 4.28. The molecule has 1 amide bonds. The molecule has 0 radical (unpaired) electrons. The van der Waals surface area contributed by atoms with E-state index >= 15 is 0 Å². The summed E-state index contributed by atoms with van der Waals surface area (Å²) in [5, 5.41) is 3.89. The fourth-order valence-electron chi connectivity index (χ4n) is 3.41. The van der Waals surface area contributed by atoms with Gasteiger partial charge in [0.1, 0.15) is 0 Å². The van der Waals surface area contributed by atoms with Crippen molar-refractivity contribution in [3.63, 3.8) is 0 Å². The van der Waals surface area contributed by atoms with Gasteiger partial charge in [-0.25, -0.2) is 0 Å². The lowest BCUT2D eigenvalue weighted by Crippen LogP contribution is -2.28. The maximum Gasteiger partial charge on any atom is 0.253 e. The lowest BCUT2D eigenvalue weighted by atomic mass is 9.85. The van der Waals surface area contributed by atoms with Gasteiger partial charge in [-0.15, -0.1) is 0 Å². The summed E-state index contributed by atoms with van der Waals surface area (Å²) in [6.45, 7) is 6.50. The molecule has 1 unspecified atom stereocenters. The molecule has 3 aromatic rings. The van der Waals surface area contributed by atoms with E-state index in [1.807, 2.05) is 49.4 Å². The van der Waals surface area contributed by atoms with Crippen LogP contribution in [0.15, 0.2) is 59.4 Å². The fourth-order valence-corrected chi connectivity index (χ4v) is 3.41. The van der Waals surface area contributed by atoms with Crippen molar-refractivity contribution in [1.82, 2.24) is 10.3 Å². The Balaban J connectivity index is 1.70. The van der Waals surface area contributed by atoms with Crippen molar-refractivity contribution in [2.24, 2.45) is 5.92 Å². The molecule has 0 saturated heterocycles. The number of hydrogen-bond donors (Lipinski definition) is 2. The molecule has 0 saturated carbocycles. The monoisotopic (exact) mass is 362 g/mol. The third kappa shape index (κ3) is 4.64. The number of nitrogens with one attached hydrogen (secondary N) is 2. The highest BCUT2D eigenvalue weighted by atomic mass is 16.1. The number of aromatic amines is 1. The molecule has 3 rings (SSSR count). The number of amides is 1. The van der Waals surface area contributed by atoms with Crippen LogP contribution >= 0.6 is 0 Å². The number of aromatic nitrogens is 1. The van der Waals surface area contributed by atoms with Gasteiger partial charge >= 0.3 is 0 Å². The van der Waals surface area contributed by atoms with Gasteiger partial charge in [0.05, 0.1) is 0 Å². The number of hydrogen-bond acceptors (Lipinski definition) is 2. The van der Waals surface area contributed by atoms with E-state index in [0.29, 0.717) is 17.9 Å². The molecule has 2 N–H and O–H groups in total. The van der Waals surface area contributed by atoms with E-state index < -0.39 is 0 Å². The molecule has 27 heavy (non-hydrogen) atoms. The van der Waals surface area contributed by atoms with Gasteiger partial charge in [0, 0.05) is 24.0 Å². The van der Waals surface area contributed by atoms with E-state index in [2.05, 4.69) is 36.3 Å². The molecule has 0 fully saturated rings. The van der Waals surface area contributed by atoms with E-state index in [1.165, 1.54) is 5.56 Å². The molecule has 1 aromatic heterocycles. The van der Waals surface area contributed by atoms with E-state index in [0.717, 1.165) is 16.5 Å². The topological polar surface area (TPSA) is 62.0 Å². The third-order valence-electron chi connectivity index (χ3n) is 4.99. The zero-order valence-electron chi connectivity index (χ0n) is 16.1. The highest BCUT2D eigenvalue weighted by molar-refractivity contribution is 5.80. The summed E-state index contributed by atoms with van der Waals surface area (Å²) in [5.74, 6) is 0.468. The second-order valence-corrected chi connectivity index (χ2v) is 7.46. The van der Waals surface area contributed by atoms with Gasteiger partial charge in [-0.2, -0.15) is 0 Å². The van der Waals surface area contributed by atoms with Crippen LogP contribution in [-0.4, -0.2) is 10.9 Å². The number of carbonyl (C=O) groups is 1. The molecule has 1 atom stereocenters. The Morgan fingerprint density at radius 3 is 2.52 bits per heavy atom. The van der Waals surface area contributed by atoms with Crippen LogP contribution in [0.3, 0.4) is 0 Å². The van der Waals surface area contributed by atoms with Crippen LogP contribution in [0.1, 0.15) is 42.9 Å². The summed E-state index contributed by atoms with van der Waals surface area (Å²) >= 11 is 0. The van der Waals surface area contributed by atoms with Crippen molar-refractivity contribution in [3.8, 4) is 0 Å². The van der Waals surface area contributed by atoms with E-state index in [-0.39, 0.29) is 23.9 Å². The van der Waals surface area contributed by atoms with Gasteiger partial charge in [-0.3, -0.25) is 9.59 Å². The Kier molecular flexibility index (Phi) is 5.75. The highest BCUT2D eigenvalue weighted by Crippen LogP contribution is 2.27. The number of benzene rings is 2. The zero-order chi connectivity index (χ0) is 19.4. The molecule has 0 bridgehead atoms. The van der Waals surface area contributed by atoms with Crippen LogP contribution in [-0.2, 0) is 11.3 Å². The Labute approximate surface area is 159 Å². The first-order chi connectivity index (χ1) is 12.9.